The maximum atomic E-state index is 13.2. The first-order valence-electron chi connectivity index (χ1n) is 9.75. The molecule has 0 aliphatic heterocycles. The number of para-hydroxylation sites is 1. The van der Waals surface area contributed by atoms with Gasteiger partial charge in [0.1, 0.15) is 5.75 Å². The molecule has 1 atom stereocenters. The molecule has 1 N–H and O–H groups in total. The molecule has 0 saturated heterocycles. The van der Waals surface area contributed by atoms with Gasteiger partial charge in [-0.15, -0.1) is 0 Å². The predicted octanol–water partition coefficient (Wildman–Crippen LogP) is 4.24. The molecule has 2 aromatic carbocycles. The van der Waals surface area contributed by atoms with Gasteiger partial charge in [0.2, 0.25) is 5.91 Å². The van der Waals surface area contributed by atoms with E-state index in [0.717, 1.165) is 11.8 Å². The second-order valence-corrected chi connectivity index (χ2v) is 8.26. The first-order valence-corrected chi connectivity index (χ1v) is 10.7. The number of thioether (sulfide) groups is 1. The Balaban J connectivity index is 1.96. The molecular formula is C22H23F2N3O3S. The van der Waals surface area contributed by atoms with Crippen LogP contribution in [0.25, 0.3) is 16.6 Å². The number of hydrogen-bond acceptors (Lipinski definition) is 5. The number of halogens is 2. The number of carbonyl (C=O) groups excluding carboxylic acids is 1. The molecule has 0 bridgehead atoms. The predicted molar refractivity (Wildman–Crippen MR) is 117 cm³/mol. The van der Waals surface area contributed by atoms with Gasteiger partial charge in [0.25, 0.3) is 5.56 Å². The number of amides is 1. The number of benzene rings is 2. The highest BCUT2D eigenvalue weighted by molar-refractivity contribution is 7.99. The Hall–Kier alpha value is -2.94. The van der Waals surface area contributed by atoms with Crippen LogP contribution in [0.4, 0.5) is 8.78 Å². The zero-order valence-electron chi connectivity index (χ0n) is 17.3. The Kier molecular flexibility index (Phi) is 7.27. The lowest BCUT2D eigenvalue weighted by Crippen LogP contribution is -2.37. The smallest absolute Gasteiger partial charge is 0.387 e. The first-order chi connectivity index (χ1) is 14.8. The number of nitrogens with one attached hydrogen (secondary N) is 1. The van der Waals surface area contributed by atoms with Crippen molar-refractivity contribution in [1.82, 2.24) is 14.9 Å². The van der Waals surface area contributed by atoms with Gasteiger partial charge < -0.3 is 10.1 Å². The van der Waals surface area contributed by atoms with Crippen LogP contribution < -0.4 is 15.6 Å². The van der Waals surface area contributed by atoms with Gasteiger partial charge in [-0.2, -0.15) is 8.78 Å². The highest BCUT2D eigenvalue weighted by Crippen LogP contribution is 2.23. The Labute approximate surface area is 182 Å². The highest BCUT2D eigenvalue weighted by atomic mass is 32.2. The summed E-state index contributed by atoms with van der Waals surface area (Å²) < 4.78 is 30.6. The van der Waals surface area contributed by atoms with Crippen LogP contribution in [0.15, 0.2) is 58.5 Å². The van der Waals surface area contributed by atoms with Gasteiger partial charge in [-0.3, -0.25) is 14.2 Å². The minimum absolute atomic E-state index is 0.0160. The van der Waals surface area contributed by atoms with Crippen molar-refractivity contribution in [2.75, 3.05) is 5.75 Å². The molecule has 3 rings (SSSR count). The molecule has 3 aromatic rings. The van der Waals surface area contributed by atoms with E-state index in [9.17, 15) is 18.4 Å². The average molecular weight is 448 g/mol. The van der Waals surface area contributed by atoms with Gasteiger partial charge in [0.15, 0.2) is 5.16 Å². The fourth-order valence-electron chi connectivity index (χ4n) is 2.81. The first kappa shape index (κ1) is 22.7. The van der Waals surface area contributed by atoms with Crippen molar-refractivity contribution in [3.8, 4) is 11.4 Å². The van der Waals surface area contributed by atoms with E-state index in [-0.39, 0.29) is 29.0 Å². The van der Waals surface area contributed by atoms with Crippen molar-refractivity contribution in [3.63, 3.8) is 0 Å². The van der Waals surface area contributed by atoms with Gasteiger partial charge in [0, 0.05) is 6.04 Å². The summed E-state index contributed by atoms with van der Waals surface area (Å²) in [6.45, 7) is 3.03. The van der Waals surface area contributed by atoms with Crippen molar-refractivity contribution in [3.05, 3.63) is 58.9 Å². The van der Waals surface area contributed by atoms with Crippen molar-refractivity contribution in [1.29, 1.82) is 0 Å². The van der Waals surface area contributed by atoms with Gasteiger partial charge in [-0.25, -0.2) is 4.98 Å². The topological polar surface area (TPSA) is 73.2 Å². The minimum atomic E-state index is -2.94. The quantitative estimate of drug-likeness (QED) is 0.413. The summed E-state index contributed by atoms with van der Waals surface area (Å²) in [6.07, 6.45) is 0. The fraction of sp³-hybridized carbons (Fsp3) is 0.318. The molecule has 1 aromatic heterocycles. The van der Waals surface area contributed by atoms with Crippen LogP contribution in [0.5, 0.6) is 5.75 Å². The van der Waals surface area contributed by atoms with Crippen molar-refractivity contribution in [2.24, 2.45) is 5.92 Å². The van der Waals surface area contributed by atoms with E-state index < -0.39 is 6.61 Å². The van der Waals surface area contributed by atoms with Crippen LogP contribution in [0.2, 0.25) is 0 Å². The number of fused-ring (bicyclic) bond motifs is 1. The second kappa shape index (κ2) is 9.91. The average Bonchev–Trinajstić information content (AvgIpc) is 2.72. The molecule has 9 heteroatoms. The third-order valence-corrected chi connectivity index (χ3v) is 5.72. The van der Waals surface area contributed by atoms with Crippen molar-refractivity contribution >= 4 is 28.6 Å². The number of hydrogen-bond donors (Lipinski definition) is 1. The van der Waals surface area contributed by atoms with Crippen LogP contribution in [-0.4, -0.2) is 33.9 Å². The zero-order valence-corrected chi connectivity index (χ0v) is 18.2. The van der Waals surface area contributed by atoms with Crippen molar-refractivity contribution in [2.45, 2.75) is 38.6 Å². The van der Waals surface area contributed by atoms with Gasteiger partial charge in [0.05, 0.1) is 22.3 Å². The normalized spacial score (nSPS) is 12.4. The molecule has 0 radical (unpaired) electrons. The van der Waals surface area contributed by atoms with E-state index in [1.807, 2.05) is 20.8 Å². The zero-order chi connectivity index (χ0) is 22.5. The summed E-state index contributed by atoms with van der Waals surface area (Å²) >= 11 is 1.14. The monoisotopic (exact) mass is 447 g/mol. The summed E-state index contributed by atoms with van der Waals surface area (Å²) in [4.78, 5) is 30.1. The molecule has 6 nitrogen and oxygen atoms in total. The third-order valence-electron chi connectivity index (χ3n) is 4.79. The lowest BCUT2D eigenvalue weighted by atomic mass is 10.1. The van der Waals surface area contributed by atoms with Crippen LogP contribution in [0.3, 0.4) is 0 Å². The van der Waals surface area contributed by atoms with E-state index in [4.69, 9.17) is 0 Å². The summed E-state index contributed by atoms with van der Waals surface area (Å²) in [5.41, 5.74) is 0.634. The number of ether oxygens (including phenoxy) is 1. The molecule has 1 amide bonds. The van der Waals surface area contributed by atoms with E-state index in [0.29, 0.717) is 27.7 Å². The lowest BCUT2D eigenvalue weighted by molar-refractivity contribution is -0.119. The number of carbonyl (C=O) groups is 1. The second-order valence-electron chi connectivity index (χ2n) is 7.31. The van der Waals surface area contributed by atoms with Crippen LogP contribution in [-0.2, 0) is 4.79 Å². The molecule has 0 fully saturated rings. The maximum Gasteiger partial charge on any atom is 0.387 e. The standard InChI is InChI=1S/C22H23F2N3O3S/c1-13(2)14(3)25-19(28)12-31-22-26-18-7-5-4-6-17(18)20(29)27(22)15-8-10-16(11-9-15)30-21(23)24/h4-11,13-14,21H,12H2,1-3H3,(H,25,28)/t14-/m1/s1. The molecule has 164 valence electrons. The van der Waals surface area contributed by atoms with Gasteiger partial charge >= 0.3 is 6.61 Å². The van der Waals surface area contributed by atoms with Crippen LogP contribution in [0.1, 0.15) is 20.8 Å². The molecule has 0 aliphatic rings. The number of aromatic nitrogens is 2. The summed E-state index contributed by atoms with van der Waals surface area (Å²) in [6, 6.07) is 12.6. The summed E-state index contributed by atoms with van der Waals surface area (Å²) in [5, 5.41) is 3.67. The van der Waals surface area contributed by atoms with E-state index in [2.05, 4.69) is 15.0 Å². The molecule has 1 heterocycles. The third kappa shape index (κ3) is 5.61. The highest BCUT2D eigenvalue weighted by Gasteiger charge is 2.16. The largest absolute Gasteiger partial charge is 0.435 e. The van der Waals surface area contributed by atoms with E-state index in [1.165, 1.54) is 28.8 Å². The molecule has 0 aliphatic carbocycles. The Bertz CT molecular complexity index is 1120. The molecule has 0 unspecified atom stereocenters. The number of nitrogens with zero attached hydrogens (tertiary/aromatic N) is 2. The molecular weight excluding hydrogens is 424 g/mol. The Morgan fingerprint density at radius 2 is 1.81 bits per heavy atom. The molecule has 0 saturated carbocycles. The van der Waals surface area contributed by atoms with Gasteiger partial charge in [-0.1, -0.05) is 37.7 Å². The fourth-order valence-corrected chi connectivity index (χ4v) is 3.63. The molecule has 31 heavy (non-hydrogen) atoms. The van der Waals surface area contributed by atoms with Gasteiger partial charge in [-0.05, 0) is 49.2 Å². The number of rotatable bonds is 8. The number of alkyl halides is 2. The lowest BCUT2D eigenvalue weighted by Gasteiger charge is -2.18. The summed E-state index contributed by atoms with van der Waals surface area (Å²) in [5.74, 6) is 0.187. The SMILES string of the molecule is CC(C)[C@@H](C)NC(=O)CSc1nc2ccccc2c(=O)n1-c1ccc(OC(F)F)cc1. The maximum absolute atomic E-state index is 13.2. The minimum Gasteiger partial charge on any atom is -0.435 e. The Morgan fingerprint density at radius 3 is 2.45 bits per heavy atom. The Morgan fingerprint density at radius 1 is 1.13 bits per heavy atom. The van der Waals surface area contributed by atoms with Crippen LogP contribution >= 0.6 is 11.8 Å². The van der Waals surface area contributed by atoms with Crippen LogP contribution in [0, 0.1) is 5.92 Å². The van der Waals surface area contributed by atoms with E-state index in [1.54, 1.807) is 24.3 Å². The molecule has 0 spiro atoms. The van der Waals surface area contributed by atoms with Crippen molar-refractivity contribution < 1.29 is 18.3 Å². The summed E-state index contributed by atoms with van der Waals surface area (Å²) in [7, 11) is 0. The van der Waals surface area contributed by atoms with E-state index >= 15 is 0 Å².